The Morgan fingerprint density at radius 3 is 2.63 bits per heavy atom. The Morgan fingerprint density at radius 1 is 1.32 bits per heavy atom. The third-order valence-electron chi connectivity index (χ3n) is 2.46. The molecule has 19 heavy (non-hydrogen) atoms. The topological polar surface area (TPSA) is 75.6 Å². The summed E-state index contributed by atoms with van der Waals surface area (Å²) in [7, 11) is 0. The molecule has 0 radical (unpaired) electrons. The normalized spacial score (nSPS) is 10.3. The van der Waals surface area contributed by atoms with Gasteiger partial charge >= 0.3 is 12.1 Å². The van der Waals surface area contributed by atoms with E-state index in [0.717, 1.165) is 0 Å². The predicted molar refractivity (Wildman–Crippen MR) is 71.3 cm³/mol. The first-order valence-corrected chi connectivity index (χ1v) is 6.22. The summed E-state index contributed by atoms with van der Waals surface area (Å²) in [5, 5.41) is 11.6. The number of hydrogen-bond donors (Lipinski definition) is 2. The number of amides is 1. The highest BCUT2D eigenvalue weighted by Crippen LogP contribution is 2.09. The van der Waals surface area contributed by atoms with Crippen LogP contribution in [0.4, 0.5) is 4.79 Å². The maximum absolute atomic E-state index is 11.3. The lowest BCUT2D eigenvalue weighted by Gasteiger charge is -2.09. The van der Waals surface area contributed by atoms with E-state index in [0.29, 0.717) is 31.1 Å². The van der Waals surface area contributed by atoms with E-state index in [4.69, 9.17) is 9.84 Å². The highest BCUT2D eigenvalue weighted by Gasteiger charge is 2.09. The van der Waals surface area contributed by atoms with Gasteiger partial charge in [-0.25, -0.2) is 9.59 Å². The summed E-state index contributed by atoms with van der Waals surface area (Å²) in [5.41, 5.74) is 0.957. The monoisotopic (exact) mass is 265 g/mol. The zero-order chi connectivity index (χ0) is 14.3. The second kappa shape index (κ2) is 7.41. The molecule has 5 nitrogen and oxygen atoms in total. The van der Waals surface area contributed by atoms with Crippen molar-refractivity contribution in [3.05, 3.63) is 35.4 Å². The number of carbonyl (C=O) groups excluding carboxylic acids is 1. The van der Waals surface area contributed by atoms with Crippen LogP contribution in [0.15, 0.2) is 24.3 Å². The second-order valence-electron chi connectivity index (χ2n) is 4.63. The molecule has 5 heteroatoms. The Hall–Kier alpha value is -2.04. The molecule has 0 bridgehead atoms. The summed E-state index contributed by atoms with van der Waals surface area (Å²) in [6.07, 6.45) is -0.0132. The van der Waals surface area contributed by atoms with Crippen molar-refractivity contribution in [1.82, 2.24) is 5.32 Å². The highest BCUT2D eigenvalue weighted by atomic mass is 16.5. The molecule has 0 unspecified atom stereocenters. The number of carbonyl (C=O) groups is 2. The van der Waals surface area contributed by atoms with E-state index in [1.165, 1.54) is 0 Å². The molecular weight excluding hydrogens is 246 g/mol. The number of aromatic carboxylic acids is 1. The van der Waals surface area contributed by atoms with E-state index >= 15 is 0 Å². The molecule has 0 aliphatic carbocycles. The zero-order valence-electron chi connectivity index (χ0n) is 11.2. The largest absolute Gasteiger partial charge is 0.478 e. The zero-order valence-corrected chi connectivity index (χ0v) is 11.2. The molecule has 0 heterocycles. The SMILES string of the molecule is CC(C)COC(=O)NCCc1ccccc1C(=O)O. The summed E-state index contributed by atoms with van der Waals surface area (Å²) in [5.74, 6) is -0.670. The number of carboxylic acids is 1. The fourth-order valence-corrected chi connectivity index (χ4v) is 1.54. The summed E-state index contributed by atoms with van der Waals surface area (Å²) >= 11 is 0. The molecule has 0 atom stereocenters. The van der Waals surface area contributed by atoms with Gasteiger partial charge in [-0.1, -0.05) is 32.0 Å². The molecule has 0 aliphatic heterocycles. The van der Waals surface area contributed by atoms with Crippen molar-refractivity contribution in [2.45, 2.75) is 20.3 Å². The van der Waals surface area contributed by atoms with Crippen LogP contribution in [0.25, 0.3) is 0 Å². The molecule has 104 valence electrons. The predicted octanol–water partition coefficient (Wildman–Crippen LogP) is 2.31. The molecule has 2 N–H and O–H groups in total. The Morgan fingerprint density at radius 2 is 2.00 bits per heavy atom. The number of benzene rings is 1. The first kappa shape index (κ1) is 15.0. The van der Waals surface area contributed by atoms with E-state index in [1.54, 1.807) is 24.3 Å². The van der Waals surface area contributed by atoms with Crippen molar-refractivity contribution in [2.75, 3.05) is 13.2 Å². The van der Waals surface area contributed by atoms with Crippen molar-refractivity contribution < 1.29 is 19.4 Å². The van der Waals surface area contributed by atoms with Crippen LogP contribution in [-0.2, 0) is 11.2 Å². The Balaban J connectivity index is 2.41. The standard InChI is InChI=1S/C14H19NO4/c1-10(2)9-19-14(18)15-8-7-11-5-3-4-6-12(11)13(16)17/h3-6,10H,7-9H2,1-2H3,(H,15,18)(H,16,17). The molecule has 0 spiro atoms. The maximum atomic E-state index is 11.3. The van der Waals surface area contributed by atoms with Crippen LogP contribution in [0.2, 0.25) is 0 Å². The maximum Gasteiger partial charge on any atom is 0.407 e. The van der Waals surface area contributed by atoms with Gasteiger partial charge in [-0.3, -0.25) is 0 Å². The Labute approximate surface area is 112 Å². The Bertz CT molecular complexity index is 443. The van der Waals surface area contributed by atoms with Gasteiger partial charge in [-0.2, -0.15) is 0 Å². The molecule has 0 aliphatic rings. The van der Waals surface area contributed by atoms with Gasteiger partial charge in [0.15, 0.2) is 0 Å². The van der Waals surface area contributed by atoms with E-state index in [-0.39, 0.29) is 5.56 Å². The average molecular weight is 265 g/mol. The minimum atomic E-state index is -0.960. The lowest BCUT2D eigenvalue weighted by molar-refractivity contribution is 0.0695. The van der Waals surface area contributed by atoms with Gasteiger partial charge in [0, 0.05) is 6.54 Å². The summed E-state index contributed by atoms with van der Waals surface area (Å²) in [4.78, 5) is 22.3. The first-order valence-electron chi connectivity index (χ1n) is 6.22. The molecule has 0 aromatic heterocycles. The van der Waals surface area contributed by atoms with E-state index in [9.17, 15) is 9.59 Å². The molecule has 0 saturated heterocycles. The van der Waals surface area contributed by atoms with Crippen LogP contribution < -0.4 is 5.32 Å². The quantitative estimate of drug-likeness (QED) is 0.827. The first-order chi connectivity index (χ1) is 9.00. The summed E-state index contributed by atoms with van der Waals surface area (Å²) in [6, 6.07) is 6.75. The molecule has 0 saturated carbocycles. The van der Waals surface area contributed by atoms with Crippen molar-refractivity contribution in [3.63, 3.8) is 0 Å². The fourth-order valence-electron chi connectivity index (χ4n) is 1.54. The smallest absolute Gasteiger partial charge is 0.407 e. The molecule has 1 amide bonds. The van der Waals surface area contributed by atoms with Crippen molar-refractivity contribution in [2.24, 2.45) is 5.92 Å². The van der Waals surface area contributed by atoms with E-state index < -0.39 is 12.1 Å². The fraction of sp³-hybridized carbons (Fsp3) is 0.429. The number of rotatable bonds is 6. The molecule has 0 fully saturated rings. The van der Waals surface area contributed by atoms with Gasteiger partial charge in [0.2, 0.25) is 0 Å². The third-order valence-corrected chi connectivity index (χ3v) is 2.46. The molecule has 1 aromatic carbocycles. The minimum absolute atomic E-state index is 0.264. The number of hydrogen-bond acceptors (Lipinski definition) is 3. The number of carboxylic acid groups (broad SMARTS) is 1. The van der Waals surface area contributed by atoms with Crippen molar-refractivity contribution in [1.29, 1.82) is 0 Å². The van der Waals surface area contributed by atoms with Crippen molar-refractivity contribution >= 4 is 12.1 Å². The van der Waals surface area contributed by atoms with Gasteiger partial charge in [0.1, 0.15) is 0 Å². The number of ether oxygens (including phenoxy) is 1. The highest BCUT2D eigenvalue weighted by molar-refractivity contribution is 5.89. The molecular formula is C14H19NO4. The van der Waals surface area contributed by atoms with Crippen LogP contribution in [0.3, 0.4) is 0 Å². The van der Waals surface area contributed by atoms with Crippen LogP contribution in [0.5, 0.6) is 0 Å². The lowest BCUT2D eigenvalue weighted by Crippen LogP contribution is -2.28. The minimum Gasteiger partial charge on any atom is -0.478 e. The lowest BCUT2D eigenvalue weighted by atomic mass is 10.0. The van der Waals surface area contributed by atoms with Crippen LogP contribution in [0, 0.1) is 5.92 Å². The molecule has 1 rings (SSSR count). The van der Waals surface area contributed by atoms with E-state index in [2.05, 4.69) is 5.32 Å². The van der Waals surface area contributed by atoms with Gasteiger partial charge < -0.3 is 15.2 Å². The molecule has 1 aromatic rings. The van der Waals surface area contributed by atoms with E-state index in [1.807, 2.05) is 13.8 Å². The van der Waals surface area contributed by atoms with Gasteiger partial charge in [-0.15, -0.1) is 0 Å². The number of nitrogens with one attached hydrogen (secondary N) is 1. The number of alkyl carbamates (subject to hydrolysis) is 1. The second-order valence-corrected chi connectivity index (χ2v) is 4.63. The average Bonchev–Trinajstić information content (AvgIpc) is 2.36. The third kappa shape index (κ3) is 5.42. The Kier molecular flexibility index (Phi) is 5.85. The van der Waals surface area contributed by atoms with Crippen LogP contribution >= 0.6 is 0 Å². The summed E-state index contributed by atoms with van der Waals surface area (Å²) < 4.78 is 4.95. The summed E-state index contributed by atoms with van der Waals surface area (Å²) in [6.45, 7) is 4.63. The van der Waals surface area contributed by atoms with Gasteiger partial charge in [0.05, 0.1) is 12.2 Å². The van der Waals surface area contributed by atoms with Gasteiger partial charge in [0.25, 0.3) is 0 Å². The van der Waals surface area contributed by atoms with Crippen molar-refractivity contribution in [3.8, 4) is 0 Å². The van der Waals surface area contributed by atoms with Gasteiger partial charge in [-0.05, 0) is 24.0 Å². The van der Waals surface area contributed by atoms with Crippen LogP contribution in [-0.4, -0.2) is 30.3 Å². The van der Waals surface area contributed by atoms with Crippen LogP contribution in [0.1, 0.15) is 29.8 Å².